The van der Waals surface area contributed by atoms with E-state index in [1.807, 2.05) is 19.1 Å². The molecule has 0 unspecified atom stereocenters. The fraction of sp³-hybridized carbons (Fsp3) is 0.333. The van der Waals surface area contributed by atoms with E-state index in [1.165, 1.54) is 18.4 Å². The number of nitrogens with zero attached hydrogens (tertiary/aromatic N) is 4. The number of pyridine rings is 1. The Morgan fingerprint density at radius 1 is 1.19 bits per heavy atom. The Morgan fingerprint density at radius 3 is 2.78 bits per heavy atom. The quantitative estimate of drug-likeness (QED) is 0.442. The van der Waals surface area contributed by atoms with Gasteiger partial charge in [-0.15, -0.1) is 0 Å². The molecule has 8 heteroatoms. The highest BCUT2D eigenvalue weighted by molar-refractivity contribution is 6.07. The zero-order valence-corrected chi connectivity index (χ0v) is 18.4. The van der Waals surface area contributed by atoms with Crippen LogP contribution in [0, 0.1) is 12.8 Å². The predicted octanol–water partition coefficient (Wildman–Crippen LogP) is 4.14. The molecule has 1 saturated heterocycles. The molecule has 0 bridgehead atoms. The molecule has 3 N–H and O–H groups in total. The summed E-state index contributed by atoms with van der Waals surface area (Å²) in [5.41, 5.74) is 5.76. The molecule has 0 radical (unpaired) electrons. The monoisotopic (exact) mass is 429 g/mol. The van der Waals surface area contributed by atoms with E-state index < -0.39 is 0 Å². The number of hydrogen-bond acceptors (Lipinski definition) is 5. The van der Waals surface area contributed by atoms with Crippen LogP contribution in [0.2, 0.25) is 0 Å². The number of fused-ring (bicyclic) bond motifs is 1. The third kappa shape index (κ3) is 4.01. The number of aromatic amines is 2. The molecule has 1 aliphatic rings. The number of hydrogen-bond donors (Lipinski definition) is 3. The van der Waals surface area contributed by atoms with Crippen molar-refractivity contribution in [1.82, 2.24) is 30.3 Å². The summed E-state index contributed by atoms with van der Waals surface area (Å²) in [5, 5.41) is 18.0. The summed E-state index contributed by atoms with van der Waals surface area (Å²) in [6.45, 7) is 7.34. The highest BCUT2D eigenvalue weighted by Crippen LogP contribution is 2.30. The number of rotatable bonds is 5. The average Bonchev–Trinajstić information content (AvgIpc) is 3.41. The van der Waals surface area contributed by atoms with Gasteiger partial charge in [-0.25, -0.2) is 4.98 Å². The first-order chi connectivity index (χ1) is 15.6. The maximum atomic E-state index is 12.8. The molecule has 0 saturated carbocycles. The van der Waals surface area contributed by atoms with Gasteiger partial charge >= 0.3 is 0 Å². The zero-order valence-electron chi connectivity index (χ0n) is 18.4. The second-order valence-electron chi connectivity index (χ2n) is 8.67. The maximum absolute atomic E-state index is 12.8. The molecule has 4 heterocycles. The third-order valence-corrected chi connectivity index (χ3v) is 6.31. The first-order valence-corrected chi connectivity index (χ1v) is 11.0. The minimum Gasteiger partial charge on any atom is -0.319 e. The minimum atomic E-state index is -0.230. The fourth-order valence-corrected chi connectivity index (χ4v) is 4.26. The summed E-state index contributed by atoms with van der Waals surface area (Å²) in [5.74, 6) is 0.575. The van der Waals surface area contributed by atoms with Crippen LogP contribution >= 0.6 is 0 Å². The molecule has 4 aromatic rings. The number of nitrogens with one attached hydrogen (secondary N) is 3. The van der Waals surface area contributed by atoms with Crippen molar-refractivity contribution in [1.29, 1.82) is 0 Å². The lowest BCUT2D eigenvalue weighted by atomic mass is 9.97. The molecule has 1 aromatic carbocycles. The SMILES string of the molecule is Cc1[nH]ncc1NC(=O)c1cnc2n[nH]c(-c3ccccc3CN3CCC(C)CC3)c2c1. The standard InChI is InChI=1S/C24H27N7O/c1-15-7-9-31(10-8-15)14-17-5-3-4-6-19(17)22-20-11-18(12-25-23(20)30-29-22)24(32)27-21-13-26-28-16(21)2/h3-6,11-13,15H,7-10,14H2,1-2H3,(H,26,28)(H,27,32)(H,25,29,30). The lowest BCUT2D eigenvalue weighted by Crippen LogP contribution is -2.32. The third-order valence-electron chi connectivity index (χ3n) is 6.31. The minimum absolute atomic E-state index is 0.230. The highest BCUT2D eigenvalue weighted by atomic mass is 16.1. The molecule has 32 heavy (non-hydrogen) atoms. The largest absolute Gasteiger partial charge is 0.319 e. The second-order valence-corrected chi connectivity index (χ2v) is 8.67. The topological polar surface area (TPSA) is 103 Å². The smallest absolute Gasteiger partial charge is 0.257 e. The van der Waals surface area contributed by atoms with Crippen molar-refractivity contribution >= 4 is 22.6 Å². The number of likely N-dealkylation sites (tertiary alicyclic amines) is 1. The van der Waals surface area contributed by atoms with Gasteiger partial charge in [0, 0.05) is 23.7 Å². The van der Waals surface area contributed by atoms with Crippen molar-refractivity contribution in [2.24, 2.45) is 5.92 Å². The Bertz CT molecular complexity index is 1250. The van der Waals surface area contributed by atoms with E-state index in [1.54, 1.807) is 12.4 Å². The van der Waals surface area contributed by atoms with Crippen molar-refractivity contribution in [3.8, 4) is 11.3 Å². The molecular weight excluding hydrogens is 402 g/mol. The maximum Gasteiger partial charge on any atom is 0.257 e. The molecule has 5 rings (SSSR count). The lowest BCUT2D eigenvalue weighted by molar-refractivity contribution is 0.102. The normalized spacial score (nSPS) is 15.3. The van der Waals surface area contributed by atoms with E-state index >= 15 is 0 Å². The molecule has 164 valence electrons. The van der Waals surface area contributed by atoms with Gasteiger partial charge in [-0.05, 0) is 50.4 Å². The molecule has 1 fully saturated rings. The van der Waals surface area contributed by atoms with E-state index in [-0.39, 0.29) is 5.91 Å². The van der Waals surface area contributed by atoms with Crippen molar-refractivity contribution < 1.29 is 4.79 Å². The van der Waals surface area contributed by atoms with Gasteiger partial charge in [-0.2, -0.15) is 10.2 Å². The lowest BCUT2D eigenvalue weighted by Gasteiger charge is -2.30. The van der Waals surface area contributed by atoms with Gasteiger partial charge in [0.05, 0.1) is 28.8 Å². The van der Waals surface area contributed by atoms with Crippen LogP contribution in [0.1, 0.15) is 41.4 Å². The van der Waals surface area contributed by atoms with Gasteiger partial charge in [-0.1, -0.05) is 31.2 Å². The van der Waals surface area contributed by atoms with Crippen molar-refractivity contribution in [2.45, 2.75) is 33.2 Å². The van der Waals surface area contributed by atoms with E-state index in [0.29, 0.717) is 16.9 Å². The Labute approximate surface area is 186 Å². The van der Waals surface area contributed by atoms with Crippen molar-refractivity contribution in [3.63, 3.8) is 0 Å². The molecule has 0 atom stereocenters. The highest BCUT2D eigenvalue weighted by Gasteiger charge is 2.19. The molecule has 8 nitrogen and oxygen atoms in total. The first kappa shape index (κ1) is 20.4. The van der Waals surface area contributed by atoms with Gasteiger partial charge in [-0.3, -0.25) is 19.9 Å². The fourth-order valence-electron chi connectivity index (χ4n) is 4.26. The van der Waals surface area contributed by atoms with E-state index in [2.05, 4.69) is 60.7 Å². The van der Waals surface area contributed by atoms with Gasteiger partial charge in [0.1, 0.15) is 0 Å². The Hall–Kier alpha value is -3.52. The summed E-state index contributed by atoms with van der Waals surface area (Å²) in [6.07, 6.45) is 5.64. The van der Waals surface area contributed by atoms with Crippen LogP contribution in [0.5, 0.6) is 0 Å². The second kappa shape index (κ2) is 8.55. The van der Waals surface area contributed by atoms with Crippen LogP contribution in [0.15, 0.2) is 42.7 Å². The van der Waals surface area contributed by atoms with Crippen molar-refractivity contribution in [2.75, 3.05) is 18.4 Å². The Balaban J connectivity index is 1.45. The molecule has 0 aliphatic carbocycles. The van der Waals surface area contributed by atoms with Crippen LogP contribution in [0.25, 0.3) is 22.3 Å². The van der Waals surface area contributed by atoms with Gasteiger partial charge in [0.25, 0.3) is 5.91 Å². The number of benzene rings is 1. The van der Waals surface area contributed by atoms with Gasteiger partial charge < -0.3 is 5.32 Å². The van der Waals surface area contributed by atoms with E-state index in [0.717, 1.165) is 47.9 Å². The number of H-pyrrole nitrogens is 2. The average molecular weight is 430 g/mol. The van der Waals surface area contributed by atoms with E-state index in [9.17, 15) is 4.79 Å². The first-order valence-electron chi connectivity index (χ1n) is 11.0. The number of carbonyl (C=O) groups excluding carboxylic acids is 1. The number of amides is 1. The van der Waals surface area contributed by atoms with Crippen LogP contribution in [-0.4, -0.2) is 49.3 Å². The molecule has 1 amide bonds. The number of anilines is 1. The summed E-state index contributed by atoms with van der Waals surface area (Å²) in [4.78, 5) is 19.7. The number of aryl methyl sites for hydroxylation is 1. The number of aromatic nitrogens is 5. The Morgan fingerprint density at radius 2 is 2.00 bits per heavy atom. The predicted molar refractivity (Wildman–Crippen MR) is 124 cm³/mol. The molecular formula is C24H27N7O. The summed E-state index contributed by atoms with van der Waals surface area (Å²) < 4.78 is 0. The summed E-state index contributed by atoms with van der Waals surface area (Å²) >= 11 is 0. The van der Waals surface area contributed by atoms with Crippen LogP contribution < -0.4 is 5.32 Å². The van der Waals surface area contributed by atoms with E-state index in [4.69, 9.17) is 0 Å². The molecule has 3 aromatic heterocycles. The number of piperidine rings is 1. The van der Waals surface area contributed by atoms with Crippen LogP contribution in [0.4, 0.5) is 5.69 Å². The van der Waals surface area contributed by atoms with Crippen LogP contribution in [-0.2, 0) is 6.54 Å². The van der Waals surface area contributed by atoms with Gasteiger partial charge in [0.2, 0.25) is 0 Å². The zero-order chi connectivity index (χ0) is 22.1. The van der Waals surface area contributed by atoms with Crippen molar-refractivity contribution in [3.05, 3.63) is 59.5 Å². The number of carbonyl (C=O) groups is 1. The van der Waals surface area contributed by atoms with Crippen LogP contribution in [0.3, 0.4) is 0 Å². The van der Waals surface area contributed by atoms with Gasteiger partial charge in [0.15, 0.2) is 5.65 Å². The molecule has 0 spiro atoms. The summed E-state index contributed by atoms with van der Waals surface area (Å²) in [7, 11) is 0. The molecule has 1 aliphatic heterocycles. The Kier molecular flexibility index (Phi) is 5.45. The summed E-state index contributed by atoms with van der Waals surface area (Å²) in [6, 6.07) is 10.2.